The number of hydrogen-bond acceptors (Lipinski definition) is 0. The van der Waals surface area contributed by atoms with E-state index >= 15 is 0 Å². The van der Waals surface area contributed by atoms with Crippen molar-refractivity contribution in [3.05, 3.63) is 11.6 Å². The van der Waals surface area contributed by atoms with Gasteiger partial charge in [-0.15, -0.1) is 0 Å². The third kappa shape index (κ3) is 3.14. The highest BCUT2D eigenvalue weighted by molar-refractivity contribution is 5.17. The molecule has 100 valence electrons. The van der Waals surface area contributed by atoms with Crippen molar-refractivity contribution in [1.82, 2.24) is 0 Å². The molecule has 1 aliphatic rings. The zero-order valence-electron chi connectivity index (χ0n) is 12.9. The molecule has 0 aliphatic heterocycles. The summed E-state index contributed by atoms with van der Waals surface area (Å²) in [5.74, 6) is 0.744. The van der Waals surface area contributed by atoms with E-state index in [0.717, 1.165) is 5.92 Å². The van der Waals surface area contributed by atoms with Gasteiger partial charge in [0.05, 0.1) is 0 Å². The highest BCUT2D eigenvalue weighted by atomic mass is 14.4. The Kier molecular flexibility index (Phi) is 4.86. The standard InChI is InChI=1S/C17H32/c1-7-11-17(8-2)12-9-15(10-13-17)16(5,6)14(3)4/h9,14H,7-8,10-13H2,1-6H3. The van der Waals surface area contributed by atoms with Gasteiger partial charge in [-0.2, -0.15) is 0 Å². The van der Waals surface area contributed by atoms with E-state index < -0.39 is 0 Å². The maximum absolute atomic E-state index is 2.59. The summed E-state index contributed by atoms with van der Waals surface area (Å²) in [7, 11) is 0. The minimum absolute atomic E-state index is 0.395. The molecule has 1 unspecified atom stereocenters. The summed E-state index contributed by atoms with van der Waals surface area (Å²) < 4.78 is 0. The Hall–Kier alpha value is -0.260. The molecule has 0 aromatic carbocycles. The van der Waals surface area contributed by atoms with Crippen LogP contribution >= 0.6 is 0 Å². The zero-order valence-corrected chi connectivity index (χ0v) is 12.9. The maximum Gasteiger partial charge on any atom is -0.0122 e. The minimum Gasteiger partial charge on any atom is -0.0842 e. The first-order valence-electron chi connectivity index (χ1n) is 7.57. The van der Waals surface area contributed by atoms with Gasteiger partial charge in [-0.1, -0.05) is 66.0 Å². The fraction of sp³-hybridized carbons (Fsp3) is 0.882. The smallest absolute Gasteiger partial charge is 0.0122 e. The van der Waals surface area contributed by atoms with E-state index in [1.807, 2.05) is 0 Å². The Morgan fingerprint density at radius 1 is 1.29 bits per heavy atom. The molecule has 1 atom stereocenters. The van der Waals surface area contributed by atoms with Crippen molar-refractivity contribution in [1.29, 1.82) is 0 Å². The van der Waals surface area contributed by atoms with Crippen LogP contribution in [-0.4, -0.2) is 0 Å². The molecule has 0 heterocycles. The molecule has 17 heavy (non-hydrogen) atoms. The quantitative estimate of drug-likeness (QED) is 0.515. The first-order chi connectivity index (χ1) is 7.88. The predicted octanol–water partition coefficient (Wildman–Crippen LogP) is 5.98. The molecule has 0 nitrogen and oxygen atoms in total. The van der Waals surface area contributed by atoms with Crippen molar-refractivity contribution >= 4 is 0 Å². The number of rotatable bonds is 5. The molecule has 0 aromatic rings. The van der Waals surface area contributed by atoms with Crippen LogP contribution in [0, 0.1) is 16.7 Å². The monoisotopic (exact) mass is 236 g/mol. The number of allylic oxidation sites excluding steroid dienone is 2. The van der Waals surface area contributed by atoms with Gasteiger partial charge in [0.25, 0.3) is 0 Å². The Balaban J connectivity index is 2.78. The lowest BCUT2D eigenvalue weighted by molar-refractivity contribution is 0.197. The van der Waals surface area contributed by atoms with Crippen LogP contribution in [0.15, 0.2) is 11.6 Å². The van der Waals surface area contributed by atoms with E-state index in [-0.39, 0.29) is 0 Å². The van der Waals surface area contributed by atoms with E-state index in [1.165, 1.54) is 38.5 Å². The van der Waals surface area contributed by atoms with Crippen molar-refractivity contribution in [2.24, 2.45) is 16.7 Å². The van der Waals surface area contributed by atoms with E-state index in [0.29, 0.717) is 10.8 Å². The van der Waals surface area contributed by atoms with E-state index in [9.17, 15) is 0 Å². The highest BCUT2D eigenvalue weighted by Crippen LogP contribution is 2.47. The molecule has 1 rings (SSSR count). The van der Waals surface area contributed by atoms with E-state index in [2.05, 4.69) is 47.6 Å². The molecular formula is C17H32. The largest absolute Gasteiger partial charge is 0.0842 e. The second-order valence-corrected chi connectivity index (χ2v) is 6.91. The van der Waals surface area contributed by atoms with Gasteiger partial charge in [0.15, 0.2) is 0 Å². The van der Waals surface area contributed by atoms with Crippen molar-refractivity contribution < 1.29 is 0 Å². The molecule has 0 aromatic heterocycles. The van der Waals surface area contributed by atoms with Gasteiger partial charge in [0.2, 0.25) is 0 Å². The predicted molar refractivity (Wildman–Crippen MR) is 78.2 cm³/mol. The Morgan fingerprint density at radius 2 is 1.94 bits per heavy atom. The highest BCUT2D eigenvalue weighted by Gasteiger charge is 2.34. The van der Waals surface area contributed by atoms with Crippen molar-refractivity contribution in [3.8, 4) is 0 Å². The molecule has 0 N–H and O–H groups in total. The van der Waals surface area contributed by atoms with Crippen LogP contribution < -0.4 is 0 Å². The van der Waals surface area contributed by atoms with Crippen LogP contribution in [-0.2, 0) is 0 Å². The second-order valence-electron chi connectivity index (χ2n) is 6.91. The molecule has 0 bridgehead atoms. The normalized spacial score (nSPS) is 26.2. The van der Waals surface area contributed by atoms with Crippen LogP contribution in [0.3, 0.4) is 0 Å². The van der Waals surface area contributed by atoms with E-state index in [4.69, 9.17) is 0 Å². The third-order valence-electron chi connectivity index (χ3n) is 5.51. The minimum atomic E-state index is 0.395. The summed E-state index contributed by atoms with van der Waals surface area (Å²) in [6.07, 6.45) is 10.8. The Bertz CT molecular complexity index is 270. The second kappa shape index (κ2) is 5.59. The van der Waals surface area contributed by atoms with Crippen LogP contribution in [0.2, 0.25) is 0 Å². The molecule has 0 saturated heterocycles. The lowest BCUT2D eigenvalue weighted by atomic mass is 9.64. The average molecular weight is 236 g/mol. The molecule has 0 radical (unpaired) electrons. The zero-order chi connectivity index (χ0) is 13.1. The molecule has 0 heteroatoms. The van der Waals surface area contributed by atoms with Gasteiger partial charge in [-0.05, 0) is 42.4 Å². The SMILES string of the molecule is CCCC1(CC)CC=C(C(C)(C)C(C)C)CC1. The van der Waals surface area contributed by atoms with Gasteiger partial charge >= 0.3 is 0 Å². The fourth-order valence-corrected chi connectivity index (χ4v) is 3.15. The summed E-state index contributed by atoms with van der Waals surface area (Å²) in [6.45, 7) is 14.3. The molecule has 0 saturated carbocycles. The lowest BCUT2D eigenvalue weighted by Gasteiger charge is -2.41. The molecular weight excluding hydrogens is 204 g/mol. The van der Waals surface area contributed by atoms with Crippen LogP contribution in [0.5, 0.6) is 0 Å². The van der Waals surface area contributed by atoms with Crippen molar-refractivity contribution in [2.45, 2.75) is 80.1 Å². The van der Waals surface area contributed by atoms with Gasteiger partial charge in [-0.3, -0.25) is 0 Å². The van der Waals surface area contributed by atoms with Crippen LogP contribution in [0.25, 0.3) is 0 Å². The third-order valence-corrected chi connectivity index (χ3v) is 5.51. The topological polar surface area (TPSA) is 0 Å². The average Bonchev–Trinajstić information content (AvgIpc) is 2.30. The summed E-state index contributed by atoms with van der Waals surface area (Å²) in [4.78, 5) is 0. The first kappa shape index (κ1) is 14.8. The summed E-state index contributed by atoms with van der Waals surface area (Å²) in [5.41, 5.74) is 2.74. The van der Waals surface area contributed by atoms with Crippen molar-refractivity contribution in [3.63, 3.8) is 0 Å². The molecule has 0 spiro atoms. The van der Waals surface area contributed by atoms with Crippen LogP contribution in [0.4, 0.5) is 0 Å². The summed E-state index contributed by atoms with van der Waals surface area (Å²) >= 11 is 0. The molecule has 0 fully saturated rings. The van der Waals surface area contributed by atoms with Crippen LogP contribution in [0.1, 0.15) is 80.1 Å². The van der Waals surface area contributed by atoms with E-state index in [1.54, 1.807) is 5.57 Å². The maximum atomic E-state index is 2.59. The van der Waals surface area contributed by atoms with Gasteiger partial charge in [-0.25, -0.2) is 0 Å². The molecule has 0 amide bonds. The van der Waals surface area contributed by atoms with Gasteiger partial charge in [0, 0.05) is 0 Å². The van der Waals surface area contributed by atoms with Gasteiger partial charge < -0.3 is 0 Å². The first-order valence-corrected chi connectivity index (χ1v) is 7.57. The molecule has 1 aliphatic carbocycles. The number of hydrogen-bond donors (Lipinski definition) is 0. The summed E-state index contributed by atoms with van der Waals surface area (Å²) in [6, 6.07) is 0. The lowest BCUT2D eigenvalue weighted by Crippen LogP contribution is -2.29. The summed E-state index contributed by atoms with van der Waals surface area (Å²) in [5, 5.41) is 0. The van der Waals surface area contributed by atoms with Crippen molar-refractivity contribution in [2.75, 3.05) is 0 Å². The Labute approximate surface area is 109 Å². The Morgan fingerprint density at radius 3 is 2.29 bits per heavy atom. The van der Waals surface area contributed by atoms with Gasteiger partial charge in [0.1, 0.15) is 0 Å². The fourth-order valence-electron chi connectivity index (χ4n) is 3.15.